The van der Waals surface area contributed by atoms with Gasteiger partial charge in [-0.2, -0.15) is 0 Å². The summed E-state index contributed by atoms with van der Waals surface area (Å²) < 4.78 is 5.50. The highest BCUT2D eigenvalue weighted by Crippen LogP contribution is 2.31. The van der Waals surface area contributed by atoms with Crippen molar-refractivity contribution in [3.63, 3.8) is 0 Å². The lowest BCUT2D eigenvalue weighted by Gasteiger charge is -2.43. The van der Waals surface area contributed by atoms with Crippen molar-refractivity contribution in [2.45, 2.75) is 91.0 Å². The Labute approximate surface area is 234 Å². The van der Waals surface area contributed by atoms with Crippen LogP contribution in [-0.2, 0) is 20.7 Å². The zero-order valence-electron chi connectivity index (χ0n) is 24.5. The molecule has 0 aliphatic heterocycles. The van der Waals surface area contributed by atoms with Crippen molar-refractivity contribution < 1.29 is 19.1 Å². The van der Waals surface area contributed by atoms with Gasteiger partial charge >= 0.3 is 6.09 Å². The van der Waals surface area contributed by atoms with Crippen LogP contribution in [0.25, 0.3) is 6.08 Å². The summed E-state index contributed by atoms with van der Waals surface area (Å²) >= 11 is 0. The molecule has 0 radical (unpaired) electrons. The Balaban J connectivity index is 2.60. The molecular weight excluding hydrogens is 490 g/mol. The molecule has 2 rings (SSSR count). The molecule has 7 heteroatoms. The molecule has 0 heterocycles. The average molecular weight is 536 g/mol. The largest absolute Gasteiger partial charge is 0.444 e. The summed E-state index contributed by atoms with van der Waals surface area (Å²) in [5.41, 5.74) is 0.881. The number of amides is 3. The Morgan fingerprint density at radius 3 is 2.23 bits per heavy atom. The van der Waals surface area contributed by atoms with Crippen molar-refractivity contribution in [3.05, 3.63) is 77.9 Å². The molecule has 0 aliphatic rings. The van der Waals surface area contributed by atoms with E-state index in [1.807, 2.05) is 75.4 Å². The van der Waals surface area contributed by atoms with Gasteiger partial charge in [0.2, 0.25) is 11.8 Å². The minimum Gasteiger partial charge on any atom is -0.444 e. The summed E-state index contributed by atoms with van der Waals surface area (Å²) in [6.07, 6.45) is 3.01. The summed E-state index contributed by atoms with van der Waals surface area (Å²) in [4.78, 5) is 42.7. The van der Waals surface area contributed by atoms with E-state index in [1.165, 1.54) is 0 Å². The van der Waals surface area contributed by atoms with Crippen LogP contribution in [0.3, 0.4) is 0 Å². The van der Waals surface area contributed by atoms with Crippen molar-refractivity contribution in [2.24, 2.45) is 0 Å². The van der Waals surface area contributed by atoms with E-state index in [2.05, 4.69) is 24.1 Å². The van der Waals surface area contributed by atoms with Crippen molar-refractivity contribution in [2.75, 3.05) is 6.54 Å². The molecule has 0 spiro atoms. The van der Waals surface area contributed by atoms with E-state index in [1.54, 1.807) is 31.7 Å². The predicted octanol–water partition coefficient (Wildman–Crippen LogP) is 6.05. The third-order valence-corrected chi connectivity index (χ3v) is 6.03. The lowest BCUT2D eigenvalue weighted by molar-refractivity contribution is -0.148. The van der Waals surface area contributed by atoms with Crippen LogP contribution in [0, 0.1) is 0 Å². The first-order valence-electron chi connectivity index (χ1n) is 13.6. The molecule has 7 nitrogen and oxygen atoms in total. The van der Waals surface area contributed by atoms with Gasteiger partial charge in [-0.3, -0.25) is 9.59 Å². The lowest BCUT2D eigenvalue weighted by Crippen LogP contribution is -2.59. The van der Waals surface area contributed by atoms with E-state index in [0.717, 1.165) is 24.0 Å². The standard InChI is InChI=1S/C32H45N3O4/c1-9-11-20-33-28(36)27(25-19-15-18-23(10-2)21-25)35(31(3,4)5)29(37)26(22-24-16-13-12-14-17-24)34-30(38)39-32(6,7)8/h10,12-19,21,26-27H,2,9,11,20,22H2,1,3-8H3,(H,33,36)(H,34,38). The molecule has 0 saturated heterocycles. The van der Waals surface area contributed by atoms with Crippen LogP contribution in [0.4, 0.5) is 4.79 Å². The Hall–Kier alpha value is -3.61. The third kappa shape index (κ3) is 9.89. The van der Waals surface area contributed by atoms with Gasteiger partial charge in [0.05, 0.1) is 0 Å². The van der Waals surface area contributed by atoms with Gasteiger partial charge in [-0.1, -0.05) is 74.5 Å². The zero-order valence-corrected chi connectivity index (χ0v) is 24.5. The van der Waals surface area contributed by atoms with Gasteiger partial charge in [0, 0.05) is 18.5 Å². The highest BCUT2D eigenvalue weighted by molar-refractivity contribution is 5.93. The normalized spacial score (nSPS) is 13.1. The van der Waals surface area contributed by atoms with Gasteiger partial charge in [-0.15, -0.1) is 0 Å². The van der Waals surface area contributed by atoms with Gasteiger partial charge < -0.3 is 20.3 Å². The van der Waals surface area contributed by atoms with Gasteiger partial charge in [-0.25, -0.2) is 4.79 Å². The summed E-state index contributed by atoms with van der Waals surface area (Å²) in [7, 11) is 0. The van der Waals surface area contributed by atoms with E-state index in [-0.39, 0.29) is 18.2 Å². The van der Waals surface area contributed by atoms with Crippen molar-refractivity contribution in [3.8, 4) is 0 Å². The number of alkyl carbamates (subject to hydrolysis) is 1. The second-order valence-corrected chi connectivity index (χ2v) is 11.7. The molecule has 39 heavy (non-hydrogen) atoms. The average Bonchev–Trinajstić information content (AvgIpc) is 2.85. The van der Waals surface area contributed by atoms with Crippen molar-refractivity contribution in [1.29, 1.82) is 0 Å². The number of carbonyl (C=O) groups is 3. The second kappa shape index (κ2) is 14.0. The molecule has 2 unspecified atom stereocenters. The van der Waals surface area contributed by atoms with Gasteiger partial charge in [0.15, 0.2) is 0 Å². The molecule has 0 aliphatic carbocycles. The number of hydrogen-bond donors (Lipinski definition) is 2. The van der Waals surface area contributed by atoms with E-state index in [0.29, 0.717) is 12.1 Å². The topological polar surface area (TPSA) is 87.7 Å². The number of hydrogen-bond acceptors (Lipinski definition) is 4. The molecular formula is C32H45N3O4. The van der Waals surface area contributed by atoms with Gasteiger partial charge in [0.25, 0.3) is 0 Å². The van der Waals surface area contributed by atoms with Crippen molar-refractivity contribution in [1.82, 2.24) is 15.5 Å². The van der Waals surface area contributed by atoms with E-state index in [4.69, 9.17) is 4.74 Å². The second-order valence-electron chi connectivity index (χ2n) is 11.7. The minimum atomic E-state index is -0.963. The van der Waals surface area contributed by atoms with Crippen LogP contribution in [0.5, 0.6) is 0 Å². The molecule has 212 valence electrons. The maximum atomic E-state index is 14.5. The quantitative estimate of drug-likeness (QED) is 0.343. The molecule has 2 atom stereocenters. The molecule has 0 bridgehead atoms. The SMILES string of the molecule is C=Cc1cccc(C(C(=O)NCCCC)N(C(=O)C(Cc2ccccc2)NC(=O)OC(C)(C)C)C(C)(C)C)c1. The summed E-state index contributed by atoms with van der Waals surface area (Å²) in [5.74, 6) is -0.652. The highest BCUT2D eigenvalue weighted by atomic mass is 16.6. The number of unbranched alkanes of at least 4 members (excludes halogenated alkanes) is 1. The maximum absolute atomic E-state index is 14.5. The van der Waals surface area contributed by atoms with E-state index in [9.17, 15) is 14.4 Å². The fourth-order valence-corrected chi connectivity index (χ4v) is 4.27. The maximum Gasteiger partial charge on any atom is 0.408 e. The molecule has 0 fully saturated rings. The Kier molecular flexibility index (Phi) is 11.3. The number of benzene rings is 2. The minimum absolute atomic E-state index is 0.238. The molecule has 0 aromatic heterocycles. The smallest absolute Gasteiger partial charge is 0.408 e. The molecule has 2 aromatic rings. The number of carbonyl (C=O) groups excluding carboxylic acids is 3. The fraction of sp³-hybridized carbons (Fsp3) is 0.469. The highest BCUT2D eigenvalue weighted by Gasteiger charge is 2.42. The van der Waals surface area contributed by atoms with Crippen LogP contribution in [0.2, 0.25) is 0 Å². The Bertz CT molecular complexity index is 1120. The summed E-state index contributed by atoms with van der Waals surface area (Å²) in [6, 6.07) is 15.1. The van der Waals surface area contributed by atoms with Crippen LogP contribution in [0.15, 0.2) is 61.2 Å². The van der Waals surface area contributed by atoms with Crippen molar-refractivity contribution >= 4 is 24.0 Å². The van der Waals surface area contributed by atoms with Crippen LogP contribution < -0.4 is 10.6 Å². The van der Waals surface area contributed by atoms with Crippen LogP contribution in [0.1, 0.15) is 84.0 Å². The number of nitrogens with one attached hydrogen (secondary N) is 2. The van der Waals surface area contributed by atoms with Gasteiger partial charge in [0.1, 0.15) is 17.7 Å². The molecule has 3 amide bonds. The number of rotatable bonds is 11. The summed E-state index contributed by atoms with van der Waals surface area (Å²) in [5, 5.41) is 5.81. The third-order valence-electron chi connectivity index (χ3n) is 6.03. The zero-order chi connectivity index (χ0) is 29.2. The summed E-state index contributed by atoms with van der Waals surface area (Å²) in [6.45, 7) is 17.4. The first-order chi connectivity index (χ1) is 18.3. The molecule has 2 aromatic carbocycles. The lowest BCUT2D eigenvalue weighted by atomic mass is 9.93. The molecule has 0 saturated carbocycles. The predicted molar refractivity (Wildman–Crippen MR) is 157 cm³/mol. The van der Waals surface area contributed by atoms with E-state index < -0.39 is 29.3 Å². The first-order valence-corrected chi connectivity index (χ1v) is 13.6. The fourth-order valence-electron chi connectivity index (χ4n) is 4.27. The monoisotopic (exact) mass is 535 g/mol. The Morgan fingerprint density at radius 1 is 1.00 bits per heavy atom. The molecule has 2 N–H and O–H groups in total. The number of nitrogens with zero attached hydrogens (tertiary/aromatic N) is 1. The number of ether oxygens (including phenoxy) is 1. The van der Waals surface area contributed by atoms with E-state index >= 15 is 0 Å². The van der Waals surface area contributed by atoms with Gasteiger partial charge in [-0.05, 0) is 70.7 Å². The first kappa shape index (κ1) is 31.6. The Morgan fingerprint density at radius 2 is 1.67 bits per heavy atom. The van der Waals surface area contributed by atoms with Crippen LogP contribution in [-0.4, -0.2) is 46.5 Å². The van der Waals surface area contributed by atoms with Crippen LogP contribution >= 0.6 is 0 Å².